The number of anilines is 1. The van der Waals surface area contributed by atoms with Gasteiger partial charge >= 0.3 is 11.9 Å². The van der Waals surface area contributed by atoms with Crippen LogP contribution in [0.3, 0.4) is 0 Å². The van der Waals surface area contributed by atoms with E-state index >= 15 is 0 Å². The van der Waals surface area contributed by atoms with Crippen LogP contribution in [-0.2, 0) is 4.79 Å². The van der Waals surface area contributed by atoms with Gasteiger partial charge in [-0.25, -0.2) is 9.59 Å². The second-order valence-electron chi connectivity index (χ2n) is 4.56. The zero-order valence-electron chi connectivity index (χ0n) is 11.9. The molecule has 2 rings (SSSR count). The van der Waals surface area contributed by atoms with E-state index in [1.54, 1.807) is 30.3 Å². The van der Waals surface area contributed by atoms with Crippen molar-refractivity contribution < 1.29 is 29.3 Å². The van der Waals surface area contributed by atoms with Crippen LogP contribution >= 0.6 is 0 Å². The average Bonchev–Trinajstić information content (AvgIpc) is 2.53. The van der Waals surface area contributed by atoms with Crippen LogP contribution in [0.5, 0.6) is 5.75 Å². The number of rotatable bonds is 6. The first kappa shape index (κ1) is 16.0. The molecule has 7 heteroatoms. The fourth-order valence-corrected chi connectivity index (χ4v) is 1.80. The molecule has 0 aromatic heterocycles. The first-order chi connectivity index (χ1) is 11.0. The molecule has 0 bridgehead atoms. The van der Waals surface area contributed by atoms with Crippen molar-refractivity contribution in [2.45, 2.75) is 0 Å². The van der Waals surface area contributed by atoms with Crippen LogP contribution in [0.4, 0.5) is 5.69 Å². The highest BCUT2D eigenvalue weighted by Crippen LogP contribution is 2.18. The van der Waals surface area contributed by atoms with Crippen LogP contribution < -0.4 is 10.1 Å². The molecule has 1 amide bonds. The monoisotopic (exact) mass is 315 g/mol. The molecule has 0 aliphatic carbocycles. The van der Waals surface area contributed by atoms with Crippen molar-refractivity contribution >= 4 is 23.5 Å². The van der Waals surface area contributed by atoms with Crippen molar-refractivity contribution in [3.05, 3.63) is 59.7 Å². The zero-order chi connectivity index (χ0) is 16.8. The summed E-state index contributed by atoms with van der Waals surface area (Å²) in [7, 11) is 0. The number of carbonyl (C=O) groups is 3. The molecule has 118 valence electrons. The number of carboxylic acids is 2. The summed E-state index contributed by atoms with van der Waals surface area (Å²) in [4.78, 5) is 33.7. The molecule has 0 aliphatic heterocycles. The van der Waals surface area contributed by atoms with Gasteiger partial charge in [-0.05, 0) is 30.3 Å². The van der Waals surface area contributed by atoms with Crippen molar-refractivity contribution in [2.75, 3.05) is 11.9 Å². The summed E-state index contributed by atoms with van der Waals surface area (Å²) < 4.78 is 5.18. The normalized spacial score (nSPS) is 9.91. The lowest BCUT2D eigenvalue weighted by Crippen LogP contribution is -2.20. The number of amides is 1. The summed E-state index contributed by atoms with van der Waals surface area (Å²) >= 11 is 0. The fourth-order valence-electron chi connectivity index (χ4n) is 1.80. The molecule has 7 nitrogen and oxygen atoms in total. The highest BCUT2D eigenvalue weighted by atomic mass is 16.5. The molecule has 0 fully saturated rings. The summed E-state index contributed by atoms with van der Waals surface area (Å²) in [5.41, 5.74) is 0.123. The standard InChI is InChI=1S/C16H13NO6/c18-14(17-12-4-2-1-3-5-12)9-23-13-7-10(15(19)20)6-11(8-13)16(21)22/h1-8H,9H2,(H,17,18)(H,19,20)(H,21,22). The van der Waals surface area contributed by atoms with E-state index in [1.165, 1.54) is 0 Å². The highest BCUT2D eigenvalue weighted by molar-refractivity contribution is 5.95. The maximum absolute atomic E-state index is 11.8. The smallest absolute Gasteiger partial charge is 0.335 e. The lowest BCUT2D eigenvalue weighted by molar-refractivity contribution is -0.118. The SMILES string of the molecule is O=C(COc1cc(C(=O)O)cc(C(=O)O)c1)Nc1ccccc1. The first-order valence-corrected chi connectivity index (χ1v) is 6.55. The molecule has 0 saturated carbocycles. The number of hydrogen-bond acceptors (Lipinski definition) is 4. The maximum Gasteiger partial charge on any atom is 0.335 e. The molecule has 2 aromatic carbocycles. The van der Waals surface area contributed by atoms with Gasteiger partial charge in [0.1, 0.15) is 5.75 Å². The second-order valence-corrected chi connectivity index (χ2v) is 4.56. The number of benzene rings is 2. The molecule has 0 saturated heterocycles. The van der Waals surface area contributed by atoms with Crippen molar-refractivity contribution in [1.29, 1.82) is 0 Å². The van der Waals surface area contributed by atoms with E-state index in [1.807, 2.05) is 0 Å². The Morgan fingerprint density at radius 2 is 1.48 bits per heavy atom. The summed E-state index contributed by atoms with van der Waals surface area (Å²) in [6.07, 6.45) is 0. The Morgan fingerprint density at radius 3 is 2.00 bits per heavy atom. The molecule has 0 unspecified atom stereocenters. The Kier molecular flexibility index (Phi) is 4.93. The highest BCUT2D eigenvalue weighted by Gasteiger charge is 2.13. The summed E-state index contributed by atoms with van der Waals surface area (Å²) in [6.45, 7) is -0.378. The molecule has 0 spiro atoms. The van der Waals surface area contributed by atoms with Gasteiger partial charge in [0.15, 0.2) is 6.61 Å². The number of hydrogen-bond donors (Lipinski definition) is 3. The van der Waals surface area contributed by atoms with Crippen molar-refractivity contribution in [3.63, 3.8) is 0 Å². The number of ether oxygens (including phenoxy) is 1. The molecule has 0 heterocycles. The van der Waals surface area contributed by atoms with Crippen molar-refractivity contribution in [3.8, 4) is 5.75 Å². The molecule has 0 radical (unpaired) electrons. The topological polar surface area (TPSA) is 113 Å². The third kappa shape index (κ3) is 4.57. The largest absolute Gasteiger partial charge is 0.484 e. The summed E-state index contributed by atoms with van der Waals surface area (Å²) in [5, 5.41) is 20.5. The number of para-hydroxylation sites is 1. The predicted molar refractivity (Wildman–Crippen MR) is 80.9 cm³/mol. The number of nitrogens with one attached hydrogen (secondary N) is 1. The van der Waals surface area contributed by atoms with E-state index in [9.17, 15) is 14.4 Å². The zero-order valence-corrected chi connectivity index (χ0v) is 11.9. The fraction of sp³-hybridized carbons (Fsp3) is 0.0625. The Balaban J connectivity index is 2.06. The Bertz CT molecular complexity index is 709. The van der Waals surface area contributed by atoms with E-state index in [4.69, 9.17) is 14.9 Å². The number of carbonyl (C=O) groups excluding carboxylic acids is 1. The van der Waals surface area contributed by atoms with Gasteiger partial charge < -0.3 is 20.3 Å². The van der Waals surface area contributed by atoms with Crippen LogP contribution in [0.25, 0.3) is 0 Å². The predicted octanol–water partition coefficient (Wildman–Crippen LogP) is 2.10. The van der Waals surface area contributed by atoms with Crippen molar-refractivity contribution in [1.82, 2.24) is 0 Å². The van der Waals surface area contributed by atoms with Gasteiger partial charge in [-0.1, -0.05) is 18.2 Å². The van der Waals surface area contributed by atoms with Gasteiger partial charge in [0.25, 0.3) is 5.91 Å². The lowest BCUT2D eigenvalue weighted by atomic mass is 10.1. The van der Waals surface area contributed by atoms with Crippen LogP contribution in [0.1, 0.15) is 20.7 Å². The van der Waals surface area contributed by atoms with Crippen LogP contribution in [-0.4, -0.2) is 34.7 Å². The minimum absolute atomic E-state index is 0.00879. The van der Waals surface area contributed by atoms with E-state index in [0.717, 1.165) is 18.2 Å². The van der Waals surface area contributed by atoms with Gasteiger partial charge in [-0.3, -0.25) is 4.79 Å². The Labute approximate surface area is 131 Å². The molecule has 2 aromatic rings. The maximum atomic E-state index is 11.8. The van der Waals surface area contributed by atoms with E-state index < -0.39 is 17.8 Å². The van der Waals surface area contributed by atoms with E-state index in [0.29, 0.717) is 5.69 Å². The van der Waals surface area contributed by atoms with Gasteiger partial charge in [0, 0.05) is 5.69 Å². The Hall–Kier alpha value is -3.35. The van der Waals surface area contributed by atoms with Crippen molar-refractivity contribution in [2.24, 2.45) is 0 Å². The van der Waals surface area contributed by atoms with Crippen LogP contribution in [0.2, 0.25) is 0 Å². The molecular weight excluding hydrogens is 302 g/mol. The quantitative estimate of drug-likeness (QED) is 0.752. The molecule has 0 atom stereocenters. The van der Waals surface area contributed by atoms with E-state index in [-0.39, 0.29) is 23.5 Å². The van der Waals surface area contributed by atoms with Crippen LogP contribution in [0, 0.1) is 0 Å². The molecular formula is C16H13NO6. The molecule has 23 heavy (non-hydrogen) atoms. The molecule has 0 aliphatic rings. The van der Waals surface area contributed by atoms with E-state index in [2.05, 4.69) is 5.32 Å². The minimum atomic E-state index is -1.29. The summed E-state index contributed by atoms with van der Waals surface area (Å²) in [5.74, 6) is -3.03. The van der Waals surface area contributed by atoms with Gasteiger partial charge in [0.05, 0.1) is 11.1 Å². The second kappa shape index (κ2) is 7.08. The van der Waals surface area contributed by atoms with Gasteiger partial charge in [-0.2, -0.15) is 0 Å². The first-order valence-electron chi connectivity index (χ1n) is 6.55. The summed E-state index contributed by atoms with van der Waals surface area (Å²) in [6, 6.07) is 12.0. The Morgan fingerprint density at radius 1 is 0.913 bits per heavy atom. The van der Waals surface area contributed by atoms with Gasteiger partial charge in [0.2, 0.25) is 0 Å². The average molecular weight is 315 g/mol. The van der Waals surface area contributed by atoms with Gasteiger partial charge in [-0.15, -0.1) is 0 Å². The third-order valence-corrected chi connectivity index (χ3v) is 2.83. The molecule has 3 N–H and O–H groups in total. The number of carboxylic acid groups (broad SMARTS) is 2. The lowest BCUT2D eigenvalue weighted by Gasteiger charge is -2.09. The van der Waals surface area contributed by atoms with Crippen LogP contribution in [0.15, 0.2) is 48.5 Å². The number of aromatic carboxylic acids is 2. The minimum Gasteiger partial charge on any atom is -0.484 e. The third-order valence-electron chi connectivity index (χ3n) is 2.83.